The summed E-state index contributed by atoms with van der Waals surface area (Å²) >= 11 is 0. The van der Waals surface area contributed by atoms with Crippen LogP contribution in [0.5, 0.6) is 5.75 Å². The van der Waals surface area contributed by atoms with Crippen molar-refractivity contribution in [1.82, 2.24) is 14.5 Å². The number of aliphatic hydroxyl groups excluding tert-OH is 1. The Bertz CT molecular complexity index is 749. The van der Waals surface area contributed by atoms with Crippen LogP contribution in [0.2, 0.25) is 0 Å². The molecular weight excluding hydrogens is 318 g/mol. The Hall–Kier alpha value is -1.90. The average Bonchev–Trinajstić information content (AvgIpc) is 2.86. The van der Waals surface area contributed by atoms with Gasteiger partial charge in [-0.1, -0.05) is 12.1 Å². The monoisotopic (exact) mass is 339 g/mol. The number of H-pyrrole nitrogens is 1. The fourth-order valence-electron chi connectivity index (χ4n) is 2.35. The van der Waals surface area contributed by atoms with Gasteiger partial charge in [0.25, 0.3) is 0 Å². The van der Waals surface area contributed by atoms with E-state index >= 15 is 0 Å². The highest BCUT2D eigenvalue weighted by molar-refractivity contribution is 7.89. The van der Waals surface area contributed by atoms with E-state index in [1.807, 2.05) is 0 Å². The second-order valence-corrected chi connectivity index (χ2v) is 7.32. The molecule has 0 bridgehead atoms. The molecular formula is C15H21N3O4S. The van der Waals surface area contributed by atoms with Gasteiger partial charge < -0.3 is 9.84 Å². The number of hydrogen-bond acceptors (Lipinski definition) is 5. The van der Waals surface area contributed by atoms with Crippen molar-refractivity contribution < 1.29 is 18.3 Å². The van der Waals surface area contributed by atoms with Gasteiger partial charge in [0.2, 0.25) is 10.0 Å². The van der Waals surface area contributed by atoms with Gasteiger partial charge in [0, 0.05) is 13.6 Å². The van der Waals surface area contributed by atoms with E-state index in [9.17, 15) is 13.5 Å². The standard InChI is InChI=1S/C15H21N3O4S/c1-10-15(11(2)17-16-10)23(20,21)18(3)9-14(19)12-5-7-13(22-4)8-6-12/h5-8,14,19H,9H2,1-4H3,(H,16,17). The van der Waals surface area contributed by atoms with Crippen LogP contribution in [0.15, 0.2) is 29.2 Å². The molecule has 8 heteroatoms. The zero-order chi connectivity index (χ0) is 17.2. The van der Waals surface area contributed by atoms with Crippen LogP contribution < -0.4 is 4.74 Å². The van der Waals surface area contributed by atoms with Crippen molar-refractivity contribution in [1.29, 1.82) is 0 Å². The lowest BCUT2D eigenvalue weighted by atomic mass is 10.1. The molecule has 1 unspecified atom stereocenters. The lowest BCUT2D eigenvalue weighted by Gasteiger charge is -2.21. The van der Waals surface area contributed by atoms with E-state index in [0.717, 1.165) is 4.31 Å². The molecule has 0 fully saturated rings. The van der Waals surface area contributed by atoms with E-state index in [0.29, 0.717) is 22.7 Å². The average molecular weight is 339 g/mol. The van der Waals surface area contributed by atoms with Crippen LogP contribution in [0, 0.1) is 13.8 Å². The molecule has 0 aliphatic carbocycles. The summed E-state index contributed by atoms with van der Waals surface area (Å²) < 4.78 is 31.5. The Morgan fingerprint density at radius 2 is 1.91 bits per heavy atom. The molecule has 23 heavy (non-hydrogen) atoms. The predicted molar refractivity (Wildman–Crippen MR) is 85.8 cm³/mol. The Kier molecular flexibility index (Phi) is 5.08. The van der Waals surface area contributed by atoms with Gasteiger partial charge in [-0.15, -0.1) is 0 Å². The van der Waals surface area contributed by atoms with Gasteiger partial charge in [0.05, 0.1) is 24.6 Å². The van der Waals surface area contributed by atoms with Crippen molar-refractivity contribution in [3.05, 3.63) is 41.2 Å². The summed E-state index contributed by atoms with van der Waals surface area (Å²) in [4.78, 5) is 0.155. The van der Waals surface area contributed by atoms with Gasteiger partial charge in [-0.3, -0.25) is 5.10 Å². The zero-order valence-electron chi connectivity index (χ0n) is 13.6. The quantitative estimate of drug-likeness (QED) is 0.829. The first-order valence-electron chi connectivity index (χ1n) is 7.07. The summed E-state index contributed by atoms with van der Waals surface area (Å²) in [7, 11) is -0.723. The number of likely N-dealkylation sites (N-methyl/N-ethyl adjacent to an activating group) is 1. The number of sulfonamides is 1. The fraction of sp³-hybridized carbons (Fsp3) is 0.400. The first-order chi connectivity index (χ1) is 10.8. The van der Waals surface area contributed by atoms with Gasteiger partial charge >= 0.3 is 0 Å². The molecule has 1 atom stereocenters. The van der Waals surface area contributed by atoms with Gasteiger partial charge in [0.15, 0.2) is 0 Å². The molecule has 7 nitrogen and oxygen atoms in total. The van der Waals surface area contributed by atoms with Crippen LogP contribution in [0.25, 0.3) is 0 Å². The summed E-state index contributed by atoms with van der Waals surface area (Å²) in [5.41, 5.74) is 1.51. The number of benzene rings is 1. The molecule has 1 heterocycles. The number of aryl methyl sites for hydroxylation is 2. The van der Waals surface area contributed by atoms with Crippen molar-refractivity contribution in [2.75, 3.05) is 20.7 Å². The van der Waals surface area contributed by atoms with Crippen LogP contribution >= 0.6 is 0 Å². The molecule has 0 radical (unpaired) electrons. The molecule has 2 N–H and O–H groups in total. The van der Waals surface area contributed by atoms with Crippen LogP contribution in [-0.4, -0.2) is 48.7 Å². The van der Waals surface area contributed by atoms with E-state index in [1.54, 1.807) is 45.2 Å². The zero-order valence-corrected chi connectivity index (χ0v) is 14.4. The second-order valence-electron chi connectivity index (χ2n) is 5.34. The Morgan fingerprint density at radius 1 is 1.30 bits per heavy atom. The summed E-state index contributed by atoms with van der Waals surface area (Å²) in [6.45, 7) is 3.23. The molecule has 0 aliphatic heterocycles. The maximum Gasteiger partial charge on any atom is 0.246 e. The summed E-state index contributed by atoms with van der Waals surface area (Å²) in [6.07, 6.45) is -0.937. The van der Waals surface area contributed by atoms with Gasteiger partial charge in [-0.2, -0.15) is 9.40 Å². The topological polar surface area (TPSA) is 95.5 Å². The molecule has 126 valence electrons. The number of methoxy groups -OCH3 is 1. The third kappa shape index (κ3) is 3.54. The molecule has 0 spiro atoms. The molecule has 0 aliphatic rings. The molecule has 2 aromatic rings. The van der Waals surface area contributed by atoms with E-state index in [-0.39, 0.29) is 11.4 Å². The van der Waals surface area contributed by atoms with Crippen molar-refractivity contribution in [3.63, 3.8) is 0 Å². The number of ether oxygens (including phenoxy) is 1. The van der Waals surface area contributed by atoms with E-state index in [4.69, 9.17) is 4.74 Å². The number of aromatic amines is 1. The number of hydrogen-bond donors (Lipinski definition) is 2. The smallest absolute Gasteiger partial charge is 0.246 e. The van der Waals surface area contributed by atoms with Crippen LogP contribution in [0.1, 0.15) is 23.1 Å². The van der Waals surface area contributed by atoms with Crippen LogP contribution in [-0.2, 0) is 10.0 Å². The highest BCUT2D eigenvalue weighted by Gasteiger charge is 2.28. The second kappa shape index (κ2) is 6.69. The SMILES string of the molecule is COc1ccc(C(O)CN(C)S(=O)(=O)c2c(C)n[nH]c2C)cc1. The minimum Gasteiger partial charge on any atom is -0.497 e. The van der Waals surface area contributed by atoms with Crippen LogP contribution in [0.4, 0.5) is 0 Å². The molecule has 0 saturated heterocycles. The maximum absolute atomic E-state index is 12.6. The highest BCUT2D eigenvalue weighted by atomic mass is 32.2. The molecule has 0 saturated carbocycles. The summed E-state index contributed by atoms with van der Waals surface area (Å²) in [5.74, 6) is 0.673. The Balaban J connectivity index is 2.18. The first-order valence-corrected chi connectivity index (χ1v) is 8.51. The molecule has 0 amide bonds. The summed E-state index contributed by atoms with van der Waals surface area (Å²) in [5, 5.41) is 16.9. The number of aliphatic hydroxyl groups is 1. The van der Waals surface area contributed by atoms with Gasteiger partial charge in [-0.25, -0.2) is 8.42 Å². The van der Waals surface area contributed by atoms with E-state index in [2.05, 4.69) is 10.2 Å². The first kappa shape index (κ1) is 17.5. The van der Waals surface area contributed by atoms with Crippen molar-refractivity contribution in [3.8, 4) is 5.75 Å². The van der Waals surface area contributed by atoms with Gasteiger partial charge in [-0.05, 0) is 31.5 Å². The molecule has 1 aromatic carbocycles. The van der Waals surface area contributed by atoms with E-state index in [1.165, 1.54) is 7.05 Å². The molecule has 1 aromatic heterocycles. The third-order valence-corrected chi connectivity index (χ3v) is 5.75. The van der Waals surface area contributed by atoms with Crippen LogP contribution in [0.3, 0.4) is 0 Å². The van der Waals surface area contributed by atoms with Gasteiger partial charge in [0.1, 0.15) is 10.6 Å². The lowest BCUT2D eigenvalue weighted by molar-refractivity contribution is 0.155. The lowest BCUT2D eigenvalue weighted by Crippen LogP contribution is -2.31. The van der Waals surface area contributed by atoms with E-state index < -0.39 is 16.1 Å². The fourth-order valence-corrected chi connectivity index (χ4v) is 3.85. The number of nitrogens with one attached hydrogen (secondary N) is 1. The largest absolute Gasteiger partial charge is 0.497 e. The normalized spacial score (nSPS) is 13.3. The van der Waals surface area contributed by atoms with Crippen molar-refractivity contribution in [2.24, 2.45) is 0 Å². The highest BCUT2D eigenvalue weighted by Crippen LogP contribution is 2.24. The number of rotatable bonds is 6. The number of aromatic nitrogens is 2. The Morgan fingerprint density at radius 3 is 2.39 bits per heavy atom. The maximum atomic E-state index is 12.6. The molecule has 2 rings (SSSR count). The predicted octanol–water partition coefficient (Wildman–Crippen LogP) is 1.39. The number of nitrogens with zero attached hydrogens (tertiary/aromatic N) is 2. The minimum absolute atomic E-state index is 0.0568. The van der Waals surface area contributed by atoms with Crippen molar-refractivity contribution >= 4 is 10.0 Å². The minimum atomic E-state index is -3.72. The summed E-state index contributed by atoms with van der Waals surface area (Å²) in [6, 6.07) is 6.85. The Labute approximate surface area is 136 Å². The third-order valence-electron chi connectivity index (χ3n) is 3.66. The van der Waals surface area contributed by atoms with Crippen molar-refractivity contribution in [2.45, 2.75) is 24.8 Å².